The lowest BCUT2D eigenvalue weighted by Crippen LogP contribution is -2.50. The molecule has 2 heterocycles. The first-order valence-corrected chi connectivity index (χ1v) is 6.92. The third-order valence-corrected chi connectivity index (χ3v) is 4.62. The van der Waals surface area contributed by atoms with E-state index in [1.165, 1.54) is 4.90 Å². The van der Waals surface area contributed by atoms with Crippen LogP contribution in [0.15, 0.2) is 17.3 Å². The van der Waals surface area contributed by atoms with Crippen LogP contribution in [0.25, 0.3) is 0 Å². The topological polar surface area (TPSA) is 122 Å². The van der Waals surface area contributed by atoms with Crippen molar-refractivity contribution < 1.29 is 13.2 Å². The predicted molar refractivity (Wildman–Crippen MR) is 66.2 cm³/mol. The summed E-state index contributed by atoms with van der Waals surface area (Å²) in [7, 11) is -2.12. The van der Waals surface area contributed by atoms with Crippen molar-refractivity contribution in [2.75, 3.05) is 32.1 Å². The zero-order valence-electron chi connectivity index (χ0n) is 10.3. The number of amides is 1. The standard InChI is InChI=1S/C9H14N6O3S/c1-14-2-3-15(6-8(14)16)19(17,18)7-4-11-9(13-10)12-5-7/h4-5H,2-3,6,10H2,1H3,(H,11,12,13). The van der Waals surface area contributed by atoms with E-state index >= 15 is 0 Å². The van der Waals surface area contributed by atoms with E-state index in [2.05, 4.69) is 15.4 Å². The quantitative estimate of drug-likeness (QED) is 0.498. The van der Waals surface area contributed by atoms with Gasteiger partial charge in [-0.25, -0.2) is 24.2 Å². The lowest BCUT2D eigenvalue weighted by Gasteiger charge is -2.30. The molecule has 1 aromatic heterocycles. The predicted octanol–water partition coefficient (Wildman–Crippen LogP) is -1.78. The Labute approximate surface area is 110 Å². The molecule has 2 rings (SSSR count). The summed E-state index contributed by atoms with van der Waals surface area (Å²) in [6.45, 7) is 0.443. The van der Waals surface area contributed by atoms with Crippen molar-refractivity contribution in [2.45, 2.75) is 4.90 Å². The molecule has 1 aromatic rings. The van der Waals surface area contributed by atoms with Gasteiger partial charge in [0.25, 0.3) is 0 Å². The third kappa shape index (κ3) is 2.64. The SMILES string of the molecule is CN1CCN(S(=O)(=O)c2cnc(NN)nc2)CC1=O. The van der Waals surface area contributed by atoms with Crippen LogP contribution in [-0.4, -0.2) is 60.2 Å². The summed E-state index contributed by atoms with van der Waals surface area (Å²) < 4.78 is 25.6. The number of nitrogens with zero attached hydrogens (tertiary/aromatic N) is 4. The lowest BCUT2D eigenvalue weighted by molar-refractivity contribution is -0.132. The fourth-order valence-corrected chi connectivity index (χ4v) is 2.89. The molecule has 0 saturated carbocycles. The molecule has 0 aromatic carbocycles. The van der Waals surface area contributed by atoms with Gasteiger partial charge in [0.2, 0.25) is 21.9 Å². The van der Waals surface area contributed by atoms with Crippen LogP contribution in [0, 0.1) is 0 Å². The van der Waals surface area contributed by atoms with Crippen LogP contribution < -0.4 is 11.3 Å². The maximum absolute atomic E-state index is 12.3. The molecule has 9 nitrogen and oxygen atoms in total. The van der Waals surface area contributed by atoms with Gasteiger partial charge in [-0.3, -0.25) is 10.2 Å². The van der Waals surface area contributed by atoms with E-state index in [0.29, 0.717) is 6.54 Å². The molecule has 0 bridgehead atoms. The number of carbonyl (C=O) groups is 1. The van der Waals surface area contributed by atoms with E-state index < -0.39 is 10.0 Å². The number of likely N-dealkylation sites (N-methyl/N-ethyl adjacent to an activating group) is 1. The Morgan fingerprint density at radius 3 is 2.47 bits per heavy atom. The van der Waals surface area contributed by atoms with Gasteiger partial charge in [0, 0.05) is 20.1 Å². The van der Waals surface area contributed by atoms with Crippen molar-refractivity contribution in [1.29, 1.82) is 0 Å². The van der Waals surface area contributed by atoms with Gasteiger partial charge in [-0.05, 0) is 0 Å². The molecule has 19 heavy (non-hydrogen) atoms. The summed E-state index contributed by atoms with van der Waals surface area (Å²) in [4.78, 5) is 20.5. The summed E-state index contributed by atoms with van der Waals surface area (Å²) in [5, 5.41) is 0. The van der Waals surface area contributed by atoms with E-state index in [-0.39, 0.29) is 29.8 Å². The van der Waals surface area contributed by atoms with Crippen molar-refractivity contribution in [3.63, 3.8) is 0 Å². The Morgan fingerprint density at radius 2 is 1.95 bits per heavy atom. The molecule has 0 spiro atoms. The van der Waals surface area contributed by atoms with Crippen molar-refractivity contribution in [1.82, 2.24) is 19.2 Å². The first-order chi connectivity index (χ1) is 8.95. The van der Waals surface area contributed by atoms with Gasteiger partial charge in [-0.2, -0.15) is 4.31 Å². The van der Waals surface area contributed by atoms with Crippen LogP contribution in [0.4, 0.5) is 5.95 Å². The number of nitrogens with one attached hydrogen (secondary N) is 1. The fraction of sp³-hybridized carbons (Fsp3) is 0.444. The van der Waals surface area contributed by atoms with Crippen molar-refractivity contribution in [3.8, 4) is 0 Å². The van der Waals surface area contributed by atoms with Crippen molar-refractivity contribution in [2.24, 2.45) is 5.84 Å². The number of nitrogen functional groups attached to an aromatic ring is 1. The first-order valence-electron chi connectivity index (χ1n) is 5.48. The molecule has 0 aliphatic carbocycles. The lowest BCUT2D eigenvalue weighted by atomic mass is 10.4. The first kappa shape index (κ1) is 13.6. The second-order valence-electron chi connectivity index (χ2n) is 4.04. The van der Waals surface area contributed by atoms with E-state index in [4.69, 9.17) is 5.84 Å². The minimum Gasteiger partial charge on any atom is -0.343 e. The highest BCUT2D eigenvalue weighted by Gasteiger charge is 2.31. The molecule has 1 aliphatic heterocycles. The van der Waals surface area contributed by atoms with Crippen molar-refractivity contribution >= 4 is 21.9 Å². The highest BCUT2D eigenvalue weighted by molar-refractivity contribution is 7.89. The zero-order valence-corrected chi connectivity index (χ0v) is 11.1. The molecule has 10 heteroatoms. The minimum absolute atomic E-state index is 0.0659. The van der Waals surface area contributed by atoms with Crippen LogP contribution in [-0.2, 0) is 14.8 Å². The zero-order chi connectivity index (χ0) is 14.0. The number of aromatic nitrogens is 2. The molecule has 0 radical (unpaired) electrons. The van der Waals surface area contributed by atoms with Crippen molar-refractivity contribution in [3.05, 3.63) is 12.4 Å². The second-order valence-corrected chi connectivity index (χ2v) is 5.98. The van der Waals surface area contributed by atoms with Crippen LogP contribution in [0.3, 0.4) is 0 Å². The monoisotopic (exact) mass is 286 g/mol. The summed E-state index contributed by atoms with van der Waals surface area (Å²) in [6, 6.07) is 0. The summed E-state index contributed by atoms with van der Waals surface area (Å²) >= 11 is 0. The third-order valence-electron chi connectivity index (χ3n) is 2.82. The van der Waals surface area contributed by atoms with Gasteiger partial charge in [0.15, 0.2) is 0 Å². The Morgan fingerprint density at radius 1 is 1.32 bits per heavy atom. The Bertz CT molecular complexity index is 572. The average Bonchev–Trinajstić information content (AvgIpc) is 2.41. The van der Waals surface area contributed by atoms with Crippen LogP contribution in [0.2, 0.25) is 0 Å². The minimum atomic E-state index is -3.75. The second kappa shape index (κ2) is 5.07. The average molecular weight is 286 g/mol. The summed E-state index contributed by atoms with van der Waals surface area (Å²) in [6.07, 6.45) is 2.31. The number of hydrogen-bond donors (Lipinski definition) is 2. The molecule has 1 fully saturated rings. The number of hydrogen-bond acceptors (Lipinski definition) is 7. The van der Waals surface area contributed by atoms with Gasteiger partial charge in [0.1, 0.15) is 4.90 Å². The molecule has 0 unspecified atom stereocenters. The molecule has 1 aliphatic rings. The van der Waals surface area contributed by atoms with Gasteiger partial charge in [0.05, 0.1) is 18.9 Å². The molecular weight excluding hydrogens is 272 g/mol. The number of anilines is 1. The van der Waals surface area contributed by atoms with Crippen LogP contribution in [0.5, 0.6) is 0 Å². The number of sulfonamides is 1. The molecule has 1 saturated heterocycles. The van der Waals surface area contributed by atoms with E-state index in [9.17, 15) is 13.2 Å². The number of rotatable bonds is 3. The number of carbonyl (C=O) groups excluding carboxylic acids is 1. The maximum Gasteiger partial charge on any atom is 0.246 e. The smallest absolute Gasteiger partial charge is 0.246 e. The fourth-order valence-electron chi connectivity index (χ4n) is 1.62. The Balaban J connectivity index is 2.24. The van der Waals surface area contributed by atoms with Gasteiger partial charge in [-0.15, -0.1) is 0 Å². The van der Waals surface area contributed by atoms with Crippen LogP contribution >= 0.6 is 0 Å². The number of nitrogens with two attached hydrogens (primary N) is 1. The normalized spacial score (nSPS) is 17.6. The van der Waals surface area contributed by atoms with Gasteiger partial charge < -0.3 is 4.90 Å². The van der Waals surface area contributed by atoms with Crippen LogP contribution in [0.1, 0.15) is 0 Å². The molecule has 3 N–H and O–H groups in total. The molecule has 1 amide bonds. The van der Waals surface area contributed by atoms with E-state index in [1.54, 1.807) is 7.05 Å². The number of piperazine rings is 1. The Hall–Kier alpha value is -1.78. The maximum atomic E-state index is 12.3. The van der Waals surface area contributed by atoms with E-state index in [0.717, 1.165) is 16.7 Å². The molecule has 104 valence electrons. The summed E-state index contributed by atoms with van der Waals surface area (Å²) in [5.74, 6) is 4.98. The largest absolute Gasteiger partial charge is 0.343 e. The number of hydrazine groups is 1. The van der Waals surface area contributed by atoms with Gasteiger partial charge in [-0.1, -0.05) is 0 Å². The highest BCUT2D eigenvalue weighted by Crippen LogP contribution is 2.16. The molecular formula is C9H14N6O3S. The van der Waals surface area contributed by atoms with Gasteiger partial charge >= 0.3 is 0 Å². The highest BCUT2D eigenvalue weighted by atomic mass is 32.2. The Kier molecular flexibility index (Phi) is 3.64. The molecule has 0 atom stereocenters. The summed E-state index contributed by atoms with van der Waals surface area (Å²) in [5.41, 5.74) is 2.21. The van der Waals surface area contributed by atoms with E-state index in [1.807, 2.05) is 0 Å².